The number of carbonyl (C=O) groups excluding carboxylic acids is 1. The highest BCUT2D eigenvalue weighted by atomic mass is 32.1. The number of piperidine rings is 1. The third kappa shape index (κ3) is 4.09. The zero-order valence-corrected chi connectivity index (χ0v) is 14.0. The molecular formula is C17H21N3O2S. The van der Waals surface area contributed by atoms with Crippen molar-refractivity contribution in [1.82, 2.24) is 14.8 Å². The van der Waals surface area contributed by atoms with Gasteiger partial charge in [0.05, 0.1) is 5.56 Å². The van der Waals surface area contributed by atoms with Crippen molar-refractivity contribution >= 4 is 17.2 Å². The van der Waals surface area contributed by atoms with E-state index in [2.05, 4.69) is 27.7 Å². The number of thiophene rings is 1. The second-order valence-electron chi connectivity index (χ2n) is 5.97. The van der Waals surface area contributed by atoms with Crippen molar-refractivity contribution in [3.8, 4) is 0 Å². The number of nitrogens with one attached hydrogen (secondary N) is 1. The number of aryl methyl sites for hydroxylation is 1. The lowest BCUT2D eigenvalue weighted by molar-refractivity contribution is 0.0908. The number of amides is 1. The first kappa shape index (κ1) is 16.0. The molecule has 0 saturated carbocycles. The number of pyridine rings is 1. The molecule has 23 heavy (non-hydrogen) atoms. The molecule has 0 radical (unpaired) electrons. The molecule has 0 atom stereocenters. The standard InChI is InChI=1S/C17H21N3O2S/c1-19-11-13(4-5-16(19)21)17(22)18-14-6-8-20(9-7-14)12-15-3-2-10-23-15/h2-5,10-11,14H,6-9,12H2,1H3,(H,18,22). The number of rotatable bonds is 4. The Labute approximate surface area is 139 Å². The van der Waals surface area contributed by atoms with Crippen LogP contribution in [0.1, 0.15) is 28.1 Å². The Hall–Kier alpha value is -1.92. The molecule has 3 rings (SSSR count). The number of nitrogens with zero attached hydrogens (tertiary/aromatic N) is 2. The van der Waals surface area contributed by atoms with Crippen LogP contribution in [0.15, 0.2) is 40.6 Å². The van der Waals surface area contributed by atoms with Gasteiger partial charge < -0.3 is 9.88 Å². The van der Waals surface area contributed by atoms with Gasteiger partial charge in [-0.05, 0) is 30.4 Å². The van der Waals surface area contributed by atoms with Crippen molar-refractivity contribution in [2.45, 2.75) is 25.4 Å². The van der Waals surface area contributed by atoms with E-state index in [1.807, 2.05) is 0 Å². The minimum atomic E-state index is -0.108. The minimum Gasteiger partial charge on any atom is -0.349 e. The van der Waals surface area contributed by atoms with E-state index in [1.165, 1.54) is 15.5 Å². The summed E-state index contributed by atoms with van der Waals surface area (Å²) in [7, 11) is 1.65. The van der Waals surface area contributed by atoms with Crippen LogP contribution in [0, 0.1) is 0 Å². The van der Waals surface area contributed by atoms with Crippen molar-refractivity contribution in [2.24, 2.45) is 7.05 Å². The lowest BCUT2D eigenvalue weighted by atomic mass is 10.0. The zero-order chi connectivity index (χ0) is 16.2. The SMILES string of the molecule is Cn1cc(C(=O)NC2CCN(Cc3cccs3)CC2)ccc1=O. The molecule has 6 heteroatoms. The molecule has 5 nitrogen and oxygen atoms in total. The first-order valence-corrected chi connectivity index (χ1v) is 8.72. The number of carbonyl (C=O) groups is 1. The smallest absolute Gasteiger partial charge is 0.252 e. The quantitative estimate of drug-likeness (QED) is 0.930. The minimum absolute atomic E-state index is 0.0997. The fourth-order valence-corrected chi connectivity index (χ4v) is 3.60. The first-order chi connectivity index (χ1) is 11.1. The molecule has 0 spiro atoms. The monoisotopic (exact) mass is 331 g/mol. The van der Waals surface area contributed by atoms with Gasteiger partial charge in [0.15, 0.2) is 0 Å². The second kappa shape index (κ2) is 7.10. The highest BCUT2D eigenvalue weighted by molar-refractivity contribution is 7.09. The van der Waals surface area contributed by atoms with Crippen LogP contribution in [0.4, 0.5) is 0 Å². The van der Waals surface area contributed by atoms with Gasteiger partial charge in [0.25, 0.3) is 5.91 Å². The molecule has 122 valence electrons. The van der Waals surface area contributed by atoms with Crippen molar-refractivity contribution in [3.63, 3.8) is 0 Å². The number of likely N-dealkylation sites (tertiary alicyclic amines) is 1. The summed E-state index contributed by atoms with van der Waals surface area (Å²) in [5.74, 6) is -0.0997. The molecule has 1 saturated heterocycles. The maximum absolute atomic E-state index is 12.3. The van der Waals surface area contributed by atoms with E-state index in [0.29, 0.717) is 5.56 Å². The Morgan fingerprint density at radius 1 is 1.30 bits per heavy atom. The van der Waals surface area contributed by atoms with Crippen LogP contribution in [0.3, 0.4) is 0 Å². The number of hydrogen-bond acceptors (Lipinski definition) is 4. The summed E-state index contributed by atoms with van der Waals surface area (Å²) in [6.45, 7) is 2.99. The molecular weight excluding hydrogens is 310 g/mol. The van der Waals surface area contributed by atoms with Crippen LogP contribution in [-0.4, -0.2) is 34.5 Å². The molecule has 1 amide bonds. The molecule has 1 N–H and O–H groups in total. The van der Waals surface area contributed by atoms with Gasteiger partial charge in [-0.1, -0.05) is 6.07 Å². The largest absolute Gasteiger partial charge is 0.349 e. The van der Waals surface area contributed by atoms with E-state index < -0.39 is 0 Å². The fraction of sp³-hybridized carbons (Fsp3) is 0.412. The van der Waals surface area contributed by atoms with Gasteiger partial charge in [-0.15, -0.1) is 11.3 Å². The first-order valence-electron chi connectivity index (χ1n) is 7.84. The predicted octanol–water partition coefficient (Wildman–Crippen LogP) is 1.84. The number of hydrogen-bond donors (Lipinski definition) is 1. The fourth-order valence-electron chi connectivity index (χ4n) is 2.86. The molecule has 2 aromatic rings. The van der Waals surface area contributed by atoms with Gasteiger partial charge in [-0.2, -0.15) is 0 Å². The maximum Gasteiger partial charge on any atom is 0.252 e. The van der Waals surface area contributed by atoms with E-state index >= 15 is 0 Å². The van der Waals surface area contributed by atoms with Gasteiger partial charge in [0, 0.05) is 49.9 Å². The van der Waals surface area contributed by atoms with E-state index in [9.17, 15) is 9.59 Å². The van der Waals surface area contributed by atoms with Crippen LogP contribution >= 0.6 is 11.3 Å². The molecule has 1 aliphatic heterocycles. The highest BCUT2D eigenvalue weighted by Gasteiger charge is 2.21. The highest BCUT2D eigenvalue weighted by Crippen LogP contribution is 2.17. The van der Waals surface area contributed by atoms with Crippen LogP contribution in [0.5, 0.6) is 0 Å². The summed E-state index contributed by atoms with van der Waals surface area (Å²) in [5, 5.41) is 5.19. The zero-order valence-electron chi connectivity index (χ0n) is 13.2. The summed E-state index contributed by atoms with van der Waals surface area (Å²) in [4.78, 5) is 27.5. The van der Waals surface area contributed by atoms with Crippen molar-refractivity contribution in [2.75, 3.05) is 13.1 Å². The van der Waals surface area contributed by atoms with Gasteiger partial charge in [0.1, 0.15) is 0 Å². The van der Waals surface area contributed by atoms with Crippen LogP contribution in [0.2, 0.25) is 0 Å². The Morgan fingerprint density at radius 3 is 2.74 bits per heavy atom. The van der Waals surface area contributed by atoms with Crippen molar-refractivity contribution < 1.29 is 4.79 Å². The van der Waals surface area contributed by atoms with Crippen LogP contribution < -0.4 is 10.9 Å². The van der Waals surface area contributed by atoms with Gasteiger partial charge in [-0.25, -0.2) is 0 Å². The normalized spacial score (nSPS) is 16.4. The molecule has 2 aromatic heterocycles. The summed E-state index contributed by atoms with van der Waals surface area (Å²) in [5.41, 5.74) is 0.427. The van der Waals surface area contributed by atoms with Gasteiger partial charge >= 0.3 is 0 Å². The van der Waals surface area contributed by atoms with E-state index in [-0.39, 0.29) is 17.5 Å². The average molecular weight is 331 g/mol. The molecule has 1 aliphatic rings. The van der Waals surface area contributed by atoms with Crippen LogP contribution in [-0.2, 0) is 13.6 Å². The lowest BCUT2D eigenvalue weighted by Gasteiger charge is -2.32. The van der Waals surface area contributed by atoms with Crippen LogP contribution in [0.25, 0.3) is 0 Å². The predicted molar refractivity (Wildman–Crippen MR) is 91.8 cm³/mol. The Bertz CT molecular complexity index is 716. The van der Waals surface area contributed by atoms with Gasteiger partial charge in [0.2, 0.25) is 5.56 Å². The Kier molecular flexibility index (Phi) is 4.93. The van der Waals surface area contributed by atoms with Crippen molar-refractivity contribution in [3.05, 3.63) is 56.6 Å². The maximum atomic E-state index is 12.3. The molecule has 1 fully saturated rings. The Balaban J connectivity index is 1.51. The molecule has 0 unspecified atom stereocenters. The lowest BCUT2D eigenvalue weighted by Crippen LogP contribution is -2.44. The third-order valence-corrected chi connectivity index (χ3v) is 5.09. The summed E-state index contributed by atoms with van der Waals surface area (Å²) >= 11 is 1.79. The van der Waals surface area contributed by atoms with E-state index in [4.69, 9.17) is 0 Å². The van der Waals surface area contributed by atoms with Crippen molar-refractivity contribution in [1.29, 1.82) is 0 Å². The summed E-state index contributed by atoms with van der Waals surface area (Å²) in [6.07, 6.45) is 3.51. The van der Waals surface area contributed by atoms with E-state index in [0.717, 1.165) is 32.5 Å². The van der Waals surface area contributed by atoms with E-state index in [1.54, 1.807) is 30.6 Å². The summed E-state index contributed by atoms with van der Waals surface area (Å²) < 4.78 is 1.43. The average Bonchev–Trinajstić information content (AvgIpc) is 3.05. The topological polar surface area (TPSA) is 54.3 Å². The number of aromatic nitrogens is 1. The molecule has 0 aromatic carbocycles. The molecule has 3 heterocycles. The van der Waals surface area contributed by atoms with Gasteiger partial charge in [-0.3, -0.25) is 14.5 Å². The summed E-state index contributed by atoms with van der Waals surface area (Å²) in [6, 6.07) is 7.47. The Morgan fingerprint density at radius 2 is 2.09 bits per heavy atom. The molecule has 0 bridgehead atoms. The third-order valence-electron chi connectivity index (χ3n) is 4.23. The molecule has 0 aliphatic carbocycles. The second-order valence-corrected chi connectivity index (χ2v) is 7.00.